The fourth-order valence-electron chi connectivity index (χ4n) is 2.37. The molecule has 0 radical (unpaired) electrons. The maximum absolute atomic E-state index is 12.5. The molecule has 2 N–H and O–H groups in total. The molecule has 0 aliphatic carbocycles. The molecule has 0 saturated carbocycles. The summed E-state index contributed by atoms with van der Waals surface area (Å²) in [4.78, 5) is 37.0. The molecule has 132 valence electrons. The van der Waals surface area contributed by atoms with Gasteiger partial charge in [0.05, 0.1) is 11.4 Å². The van der Waals surface area contributed by atoms with Gasteiger partial charge in [0.25, 0.3) is 17.1 Å². The van der Waals surface area contributed by atoms with Crippen molar-refractivity contribution in [3.05, 3.63) is 70.6 Å². The molecular weight excluding hydrogens is 352 g/mol. The number of carbonyl (C=O) groups excluding carboxylic acids is 3. The van der Waals surface area contributed by atoms with Crippen LogP contribution in [0.1, 0.15) is 11.1 Å². The van der Waals surface area contributed by atoms with Crippen LogP contribution in [-0.4, -0.2) is 28.6 Å². The summed E-state index contributed by atoms with van der Waals surface area (Å²) in [7, 11) is 0. The average Bonchev–Trinajstić information content (AvgIpc) is 2.89. The summed E-state index contributed by atoms with van der Waals surface area (Å²) < 4.78 is 5.18. The highest BCUT2D eigenvalue weighted by Gasteiger charge is 2.34. The van der Waals surface area contributed by atoms with Gasteiger partial charge in [-0.05, 0) is 41.1 Å². The number of hydrogen-bond donors (Lipinski definition) is 1. The Labute approximate surface area is 154 Å². The fraction of sp³-hybridized carbons (Fsp3) is 0.105. The van der Waals surface area contributed by atoms with Crippen molar-refractivity contribution >= 4 is 34.9 Å². The summed E-state index contributed by atoms with van der Waals surface area (Å²) >= 11 is 0.920. The van der Waals surface area contributed by atoms with Crippen molar-refractivity contribution in [2.75, 3.05) is 6.61 Å². The monoisotopic (exact) mass is 368 g/mol. The molecule has 26 heavy (non-hydrogen) atoms. The van der Waals surface area contributed by atoms with Gasteiger partial charge in [0.1, 0.15) is 5.75 Å². The molecule has 0 aromatic heterocycles. The van der Waals surface area contributed by atoms with Gasteiger partial charge in [0, 0.05) is 0 Å². The first-order valence-corrected chi connectivity index (χ1v) is 8.65. The fourth-order valence-corrected chi connectivity index (χ4v) is 3.21. The minimum atomic E-state index is -0.554. The van der Waals surface area contributed by atoms with Crippen LogP contribution in [0.2, 0.25) is 0 Å². The molecule has 1 fully saturated rings. The first-order chi connectivity index (χ1) is 12.5. The highest BCUT2D eigenvalue weighted by molar-refractivity contribution is 8.18. The third kappa shape index (κ3) is 4.31. The predicted octanol–water partition coefficient (Wildman–Crippen LogP) is 2.79. The van der Waals surface area contributed by atoms with Gasteiger partial charge in [-0.3, -0.25) is 19.3 Å². The number of amides is 3. The highest BCUT2D eigenvalue weighted by Crippen LogP contribution is 2.33. The number of nitrogens with two attached hydrogens (primary N) is 1. The van der Waals surface area contributed by atoms with Crippen LogP contribution in [0.5, 0.6) is 5.75 Å². The largest absolute Gasteiger partial charge is 0.484 e. The minimum absolute atomic E-state index is 0.197. The minimum Gasteiger partial charge on any atom is -0.484 e. The standard InChI is InChI=1S/C19H16N2O4S/c20-17(22)12-25-15-8-6-13(7-9-15)10-16-18(23)21(19(24)26-16)11-14-4-2-1-3-5-14/h1-10H,11-12H2,(H2,20,22)/b16-10-. The van der Waals surface area contributed by atoms with E-state index in [1.165, 1.54) is 4.90 Å². The molecule has 7 heteroatoms. The van der Waals surface area contributed by atoms with Crippen LogP contribution in [0, 0.1) is 0 Å². The van der Waals surface area contributed by atoms with E-state index in [0.717, 1.165) is 22.9 Å². The van der Waals surface area contributed by atoms with Crippen molar-refractivity contribution in [1.82, 2.24) is 4.90 Å². The molecule has 6 nitrogen and oxygen atoms in total. The molecule has 3 rings (SSSR count). The Morgan fingerprint density at radius 2 is 1.77 bits per heavy atom. The van der Waals surface area contributed by atoms with E-state index in [1.54, 1.807) is 30.3 Å². The van der Waals surface area contributed by atoms with Crippen LogP contribution < -0.4 is 10.5 Å². The van der Waals surface area contributed by atoms with E-state index in [1.807, 2.05) is 30.3 Å². The number of ether oxygens (including phenoxy) is 1. The van der Waals surface area contributed by atoms with Gasteiger partial charge in [-0.1, -0.05) is 42.5 Å². The zero-order valence-electron chi connectivity index (χ0n) is 13.8. The first-order valence-electron chi connectivity index (χ1n) is 7.83. The topological polar surface area (TPSA) is 89.7 Å². The Morgan fingerprint density at radius 3 is 2.42 bits per heavy atom. The van der Waals surface area contributed by atoms with Crippen molar-refractivity contribution in [1.29, 1.82) is 0 Å². The van der Waals surface area contributed by atoms with E-state index in [-0.39, 0.29) is 24.3 Å². The number of benzene rings is 2. The quantitative estimate of drug-likeness (QED) is 0.792. The summed E-state index contributed by atoms with van der Waals surface area (Å²) in [5, 5.41) is -0.286. The Bertz CT molecular complexity index is 863. The number of nitrogens with zero attached hydrogens (tertiary/aromatic N) is 1. The van der Waals surface area contributed by atoms with Crippen molar-refractivity contribution in [3.63, 3.8) is 0 Å². The molecule has 0 atom stereocenters. The number of imide groups is 1. The molecule has 0 unspecified atom stereocenters. The van der Waals surface area contributed by atoms with E-state index in [0.29, 0.717) is 10.7 Å². The molecule has 2 aromatic rings. The molecule has 1 aliphatic heterocycles. The molecule has 1 aliphatic rings. The Kier molecular flexibility index (Phi) is 5.38. The summed E-state index contributed by atoms with van der Waals surface area (Å²) in [6.07, 6.45) is 1.66. The Balaban J connectivity index is 1.70. The van der Waals surface area contributed by atoms with Crippen LogP contribution >= 0.6 is 11.8 Å². The van der Waals surface area contributed by atoms with Crippen LogP contribution in [0.3, 0.4) is 0 Å². The third-order valence-corrected chi connectivity index (χ3v) is 4.52. The van der Waals surface area contributed by atoms with Crippen molar-refractivity contribution in [3.8, 4) is 5.75 Å². The van der Waals surface area contributed by atoms with E-state index in [4.69, 9.17) is 10.5 Å². The van der Waals surface area contributed by atoms with Gasteiger partial charge in [-0.2, -0.15) is 0 Å². The number of hydrogen-bond acceptors (Lipinski definition) is 5. The van der Waals surface area contributed by atoms with Gasteiger partial charge in [0.15, 0.2) is 6.61 Å². The van der Waals surface area contributed by atoms with Gasteiger partial charge >= 0.3 is 0 Å². The van der Waals surface area contributed by atoms with Crippen LogP contribution in [-0.2, 0) is 16.1 Å². The van der Waals surface area contributed by atoms with Crippen molar-refractivity contribution in [2.24, 2.45) is 5.73 Å². The van der Waals surface area contributed by atoms with Gasteiger partial charge < -0.3 is 10.5 Å². The van der Waals surface area contributed by atoms with Crippen LogP contribution in [0.25, 0.3) is 6.08 Å². The highest BCUT2D eigenvalue weighted by atomic mass is 32.2. The van der Waals surface area contributed by atoms with Gasteiger partial charge in [0.2, 0.25) is 0 Å². The molecule has 0 bridgehead atoms. The Hall–Kier alpha value is -3.06. The maximum atomic E-state index is 12.5. The Morgan fingerprint density at radius 1 is 1.08 bits per heavy atom. The number of carbonyl (C=O) groups is 3. The van der Waals surface area contributed by atoms with Gasteiger partial charge in [-0.15, -0.1) is 0 Å². The average molecular weight is 368 g/mol. The summed E-state index contributed by atoms with van der Waals surface area (Å²) in [5.74, 6) is -0.364. The van der Waals surface area contributed by atoms with Crippen molar-refractivity contribution < 1.29 is 19.1 Å². The summed E-state index contributed by atoms with van der Waals surface area (Å²) in [5.41, 5.74) is 6.67. The molecule has 3 amide bonds. The number of thioether (sulfide) groups is 1. The lowest BCUT2D eigenvalue weighted by Crippen LogP contribution is -2.27. The number of rotatable bonds is 6. The van der Waals surface area contributed by atoms with Crippen molar-refractivity contribution in [2.45, 2.75) is 6.54 Å². The second kappa shape index (κ2) is 7.88. The lowest BCUT2D eigenvalue weighted by Gasteiger charge is -2.12. The summed E-state index contributed by atoms with van der Waals surface area (Å²) in [6, 6.07) is 16.2. The predicted molar refractivity (Wildman–Crippen MR) is 99.1 cm³/mol. The number of primary amides is 1. The van der Waals surface area contributed by atoms with E-state index < -0.39 is 5.91 Å². The maximum Gasteiger partial charge on any atom is 0.293 e. The van der Waals surface area contributed by atoms with E-state index >= 15 is 0 Å². The molecular formula is C19H16N2O4S. The molecule has 2 aromatic carbocycles. The smallest absolute Gasteiger partial charge is 0.293 e. The SMILES string of the molecule is NC(=O)COc1ccc(/C=C2\SC(=O)N(Cc3ccccc3)C2=O)cc1. The lowest BCUT2D eigenvalue weighted by atomic mass is 10.2. The van der Waals surface area contributed by atoms with Crippen LogP contribution in [0.15, 0.2) is 59.5 Å². The van der Waals surface area contributed by atoms with E-state index in [2.05, 4.69) is 0 Å². The van der Waals surface area contributed by atoms with Crippen LogP contribution in [0.4, 0.5) is 4.79 Å². The zero-order chi connectivity index (χ0) is 18.5. The first kappa shape index (κ1) is 17.8. The molecule has 1 saturated heterocycles. The van der Waals surface area contributed by atoms with Gasteiger partial charge in [-0.25, -0.2) is 0 Å². The van der Waals surface area contributed by atoms with E-state index in [9.17, 15) is 14.4 Å². The summed E-state index contributed by atoms with van der Waals surface area (Å²) in [6.45, 7) is 0.0560. The third-order valence-electron chi connectivity index (χ3n) is 3.62. The molecule has 1 heterocycles. The zero-order valence-corrected chi connectivity index (χ0v) is 14.6. The normalized spacial score (nSPS) is 15.5. The molecule has 0 spiro atoms. The lowest BCUT2D eigenvalue weighted by molar-refractivity contribution is -0.123. The second-order valence-electron chi connectivity index (χ2n) is 5.58. The second-order valence-corrected chi connectivity index (χ2v) is 6.57.